The molecule has 142 valence electrons. The number of hydrogen-bond donors (Lipinski definition) is 2. The van der Waals surface area contributed by atoms with E-state index in [9.17, 15) is 9.90 Å². The Morgan fingerprint density at radius 1 is 1.22 bits per heavy atom. The quantitative estimate of drug-likeness (QED) is 0.636. The molecule has 3 rings (SSSR count). The van der Waals surface area contributed by atoms with Crippen LogP contribution in [0.2, 0.25) is 0 Å². The van der Waals surface area contributed by atoms with Crippen LogP contribution < -0.4 is 15.2 Å². The molecule has 3 N–H and O–H groups in total. The zero-order valence-corrected chi connectivity index (χ0v) is 15.3. The van der Waals surface area contributed by atoms with Gasteiger partial charge in [-0.3, -0.25) is 4.79 Å². The zero-order valence-electron chi connectivity index (χ0n) is 15.3. The van der Waals surface area contributed by atoms with Gasteiger partial charge in [0, 0.05) is 12.6 Å². The number of amides is 1. The summed E-state index contributed by atoms with van der Waals surface area (Å²) in [5.41, 5.74) is 5.41. The van der Waals surface area contributed by atoms with E-state index in [1.807, 2.05) is 36.4 Å². The molecule has 27 heavy (non-hydrogen) atoms. The first kappa shape index (κ1) is 18.7. The molecule has 1 heterocycles. The van der Waals surface area contributed by atoms with Crippen LogP contribution >= 0.6 is 0 Å². The van der Waals surface area contributed by atoms with Gasteiger partial charge in [-0.2, -0.15) is 0 Å². The van der Waals surface area contributed by atoms with E-state index in [0.717, 1.165) is 22.3 Å². The summed E-state index contributed by atoms with van der Waals surface area (Å²) in [6.45, 7) is 2.09. The van der Waals surface area contributed by atoms with Crippen molar-refractivity contribution in [2.75, 3.05) is 13.7 Å². The second-order valence-corrected chi connectivity index (χ2v) is 6.39. The van der Waals surface area contributed by atoms with Gasteiger partial charge in [-0.15, -0.1) is 0 Å². The predicted molar refractivity (Wildman–Crippen MR) is 102 cm³/mol. The fraction of sp³-hybridized carbons (Fsp3) is 0.300. The van der Waals surface area contributed by atoms with E-state index >= 15 is 0 Å². The number of carbonyl (C=O) groups excluding carboxylic acids is 1. The van der Waals surface area contributed by atoms with Crippen LogP contribution in [-0.4, -0.2) is 40.4 Å². The molecule has 7 heteroatoms. The van der Waals surface area contributed by atoms with Crippen LogP contribution in [0.3, 0.4) is 0 Å². The van der Waals surface area contributed by atoms with Crippen molar-refractivity contribution in [3.8, 4) is 11.5 Å². The summed E-state index contributed by atoms with van der Waals surface area (Å²) in [5, 5.41) is 12.2. The fourth-order valence-electron chi connectivity index (χ4n) is 3.00. The molecular weight excluding hydrogens is 346 g/mol. The molecule has 2 atom stereocenters. The smallest absolute Gasteiger partial charge is 0.268 e. The molecule has 7 nitrogen and oxygen atoms in total. The molecule has 0 saturated heterocycles. The first-order chi connectivity index (χ1) is 13.0. The van der Waals surface area contributed by atoms with E-state index in [2.05, 4.69) is 4.98 Å². The number of benzene rings is 2. The predicted octanol–water partition coefficient (Wildman–Crippen LogP) is 2.53. The number of aliphatic hydroxyl groups excluding tert-OH is 1. The number of nitrogens with zero attached hydrogens (tertiary/aromatic N) is 2. The number of methoxy groups -OCH3 is 1. The monoisotopic (exact) mass is 369 g/mol. The summed E-state index contributed by atoms with van der Waals surface area (Å²) < 4.78 is 12.8. The Hall–Kier alpha value is -3.06. The van der Waals surface area contributed by atoms with Gasteiger partial charge in [-0.1, -0.05) is 12.1 Å². The number of primary amides is 1. The summed E-state index contributed by atoms with van der Waals surface area (Å²) in [4.78, 5) is 15.2. The van der Waals surface area contributed by atoms with Gasteiger partial charge in [0.05, 0.1) is 32.2 Å². The highest BCUT2D eigenvalue weighted by molar-refractivity contribution is 5.90. The van der Waals surface area contributed by atoms with Crippen molar-refractivity contribution in [2.45, 2.75) is 25.5 Å². The number of rotatable bonds is 8. The lowest BCUT2D eigenvalue weighted by Gasteiger charge is -2.21. The van der Waals surface area contributed by atoms with Crippen molar-refractivity contribution in [1.29, 1.82) is 0 Å². The van der Waals surface area contributed by atoms with Crippen LogP contribution in [0.5, 0.6) is 11.5 Å². The number of nitrogens with two attached hydrogens (primary N) is 1. The average Bonchev–Trinajstić information content (AvgIpc) is 3.14. The Morgan fingerprint density at radius 2 is 1.93 bits per heavy atom. The van der Waals surface area contributed by atoms with Gasteiger partial charge in [0.25, 0.3) is 5.91 Å². The summed E-state index contributed by atoms with van der Waals surface area (Å²) in [6.07, 6.45) is 2.95. The molecule has 0 fully saturated rings. The zero-order chi connectivity index (χ0) is 19.4. The molecule has 0 radical (unpaired) electrons. The van der Waals surface area contributed by atoms with Crippen LogP contribution in [0, 0.1) is 0 Å². The highest BCUT2D eigenvalue weighted by atomic mass is 16.5. The van der Waals surface area contributed by atoms with E-state index in [1.54, 1.807) is 24.8 Å². The van der Waals surface area contributed by atoms with E-state index in [4.69, 9.17) is 15.2 Å². The number of ether oxygens (including phenoxy) is 2. The highest BCUT2D eigenvalue weighted by Crippen LogP contribution is 2.25. The maximum absolute atomic E-state index is 11.2. The van der Waals surface area contributed by atoms with Gasteiger partial charge >= 0.3 is 0 Å². The largest absolute Gasteiger partial charge is 0.497 e. The molecule has 1 amide bonds. The normalized spacial score (nSPS) is 13.3. The van der Waals surface area contributed by atoms with Crippen molar-refractivity contribution in [3.05, 3.63) is 54.6 Å². The molecule has 0 spiro atoms. The minimum absolute atomic E-state index is 0.171. The van der Waals surface area contributed by atoms with E-state index in [-0.39, 0.29) is 11.7 Å². The average molecular weight is 369 g/mol. The highest BCUT2D eigenvalue weighted by Gasteiger charge is 2.18. The van der Waals surface area contributed by atoms with E-state index < -0.39 is 12.0 Å². The molecule has 1 aromatic heterocycles. The topological polar surface area (TPSA) is 99.6 Å². The van der Waals surface area contributed by atoms with Crippen molar-refractivity contribution < 1.29 is 19.4 Å². The summed E-state index contributed by atoms with van der Waals surface area (Å²) in [7, 11) is 1.64. The molecule has 0 aliphatic carbocycles. The molecule has 0 aliphatic rings. The van der Waals surface area contributed by atoms with Crippen molar-refractivity contribution in [2.24, 2.45) is 5.73 Å². The van der Waals surface area contributed by atoms with Crippen molar-refractivity contribution >= 4 is 16.7 Å². The first-order valence-corrected chi connectivity index (χ1v) is 8.70. The molecule has 0 saturated carbocycles. The third-order valence-corrected chi connectivity index (χ3v) is 4.49. The Labute approximate surface area is 157 Å². The SMILES string of the molecule is COc1ccc2ccc(OCC[C@H]([C@H](C)O)n3cnc(C(N)=O)c3)cc2c1. The molecule has 2 aromatic carbocycles. The molecule has 0 bridgehead atoms. The number of carbonyl (C=O) groups is 1. The molecule has 3 aromatic rings. The Balaban J connectivity index is 1.67. The van der Waals surface area contributed by atoms with Crippen LogP contribution in [0.4, 0.5) is 0 Å². The van der Waals surface area contributed by atoms with Crippen LogP contribution in [0.15, 0.2) is 48.9 Å². The van der Waals surface area contributed by atoms with Gasteiger partial charge in [-0.05, 0) is 42.0 Å². The third-order valence-electron chi connectivity index (χ3n) is 4.49. The van der Waals surface area contributed by atoms with Gasteiger partial charge in [0.1, 0.15) is 17.2 Å². The van der Waals surface area contributed by atoms with Crippen LogP contribution in [0.25, 0.3) is 10.8 Å². The van der Waals surface area contributed by atoms with E-state index in [0.29, 0.717) is 13.0 Å². The lowest BCUT2D eigenvalue weighted by Crippen LogP contribution is -2.23. The Kier molecular flexibility index (Phi) is 5.61. The summed E-state index contributed by atoms with van der Waals surface area (Å²) in [5.74, 6) is 0.934. The number of hydrogen-bond acceptors (Lipinski definition) is 5. The van der Waals surface area contributed by atoms with Gasteiger partial charge in [0.15, 0.2) is 0 Å². The van der Waals surface area contributed by atoms with Crippen LogP contribution in [-0.2, 0) is 0 Å². The third kappa shape index (κ3) is 4.38. The number of fused-ring (bicyclic) bond motifs is 1. The molecular formula is C20H23N3O4. The summed E-state index contributed by atoms with van der Waals surface area (Å²) in [6, 6.07) is 11.5. The maximum Gasteiger partial charge on any atom is 0.268 e. The molecule has 0 unspecified atom stereocenters. The standard InChI is InChI=1S/C20H23N3O4/c1-13(24)19(23-11-18(20(21)25)22-12-23)7-8-27-17-6-4-14-3-5-16(26-2)9-15(14)10-17/h3-6,9-13,19,24H,7-8H2,1-2H3,(H2,21,25)/t13-,19+/m0/s1. The number of aromatic nitrogens is 2. The van der Waals surface area contributed by atoms with Crippen molar-refractivity contribution in [1.82, 2.24) is 9.55 Å². The number of aliphatic hydroxyl groups is 1. The summed E-state index contributed by atoms with van der Waals surface area (Å²) >= 11 is 0. The second-order valence-electron chi connectivity index (χ2n) is 6.39. The van der Waals surface area contributed by atoms with Gasteiger partial charge in [-0.25, -0.2) is 4.98 Å². The molecule has 0 aliphatic heterocycles. The van der Waals surface area contributed by atoms with Gasteiger partial charge < -0.3 is 24.9 Å². The van der Waals surface area contributed by atoms with E-state index in [1.165, 1.54) is 6.33 Å². The lowest BCUT2D eigenvalue weighted by atomic mass is 10.1. The first-order valence-electron chi connectivity index (χ1n) is 8.70. The van der Waals surface area contributed by atoms with Crippen LogP contribution in [0.1, 0.15) is 29.9 Å². The minimum atomic E-state index is -0.635. The maximum atomic E-state index is 11.2. The Bertz CT molecular complexity index is 936. The second kappa shape index (κ2) is 8.09. The van der Waals surface area contributed by atoms with Gasteiger partial charge in [0.2, 0.25) is 0 Å². The van der Waals surface area contributed by atoms with Crippen molar-refractivity contribution in [3.63, 3.8) is 0 Å². The fourth-order valence-corrected chi connectivity index (χ4v) is 3.00. The minimum Gasteiger partial charge on any atom is -0.497 e. The number of imidazole rings is 1. The lowest BCUT2D eigenvalue weighted by molar-refractivity contribution is 0.0993. The Morgan fingerprint density at radius 3 is 2.56 bits per heavy atom.